The first-order valence-corrected chi connectivity index (χ1v) is 9.37. The molecule has 0 radical (unpaired) electrons. The van der Waals surface area contributed by atoms with Gasteiger partial charge >= 0.3 is 0 Å². The number of halogens is 3. The van der Waals surface area contributed by atoms with Crippen LogP contribution in [0.25, 0.3) is 11.3 Å². The second-order valence-corrected chi connectivity index (χ2v) is 7.39. The van der Waals surface area contributed by atoms with E-state index in [-0.39, 0.29) is 48.1 Å². The Balaban J connectivity index is 1.52. The number of nitrogens with zero attached hydrogens (tertiary/aromatic N) is 4. The van der Waals surface area contributed by atoms with Gasteiger partial charge in [-0.2, -0.15) is 0 Å². The number of Topliss-reactive ketones (excluding diaryl/α,β-unsaturated/α-hetero) is 1. The lowest BCUT2D eigenvalue weighted by Crippen LogP contribution is -2.49. The molecule has 0 saturated heterocycles. The molecule has 2 heterocycles. The Kier molecular flexibility index (Phi) is 5.19. The minimum atomic E-state index is -1.02. The summed E-state index contributed by atoms with van der Waals surface area (Å²) in [4.78, 5) is 19.7. The Morgan fingerprint density at radius 1 is 1.17 bits per heavy atom. The number of alkyl halides is 1. The second kappa shape index (κ2) is 7.81. The van der Waals surface area contributed by atoms with Gasteiger partial charge < -0.3 is 5.32 Å². The van der Waals surface area contributed by atoms with Crippen LogP contribution < -0.4 is 5.32 Å². The van der Waals surface area contributed by atoms with Crippen molar-refractivity contribution in [3.05, 3.63) is 65.6 Å². The van der Waals surface area contributed by atoms with E-state index < -0.39 is 23.2 Å². The monoisotopic (exact) mass is 413 g/mol. The van der Waals surface area contributed by atoms with Gasteiger partial charge in [-0.3, -0.25) is 9.78 Å². The van der Waals surface area contributed by atoms with E-state index in [1.165, 1.54) is 49.6 Å². The molecule has 6 nitrogen and oxygen atoms in total. The molecule has 2 aromatic heterocycles. The highest BCUT2D eigenvalue weighted by Gasteiger charge is 2.48. The smallest absolute Gasteiger partial charge is 0.242 e. The van der Waals surface area contributed by atoms with E-state index in [2.05, 4.69) is 25.5 Å². The molecule has 1 fully saturated rings. The third kappa shape index (κ3) is 3.74. The predicted octanol–water partition coefficient (Wildman–Crippen LogP) is 3.90. The van der Waals surface area contributed by atoms with Gasteiger partial charge in [-0.15, -0.1) is 10.2 Å². The SMILES string of the molecule is CC(=O)c1ccc(F)c(-c2cnc(NCC3(c4ncccc4F)CC(F)C3)nn2)c1. The molecule has 1 aliphatic carbocycles. The minimum absolute atomic E-state index is 0.112. The van der Waals surface area contributed by atoms with Gasteiger partial charge in [-0.1, -0.05) is 0 Å². The number of carbonyl (C=O) groups is 1. The highest BCUT2D eigenvalue weighted by Crippen LogP contribution is 2.45. The summed E-state index contributed by atoms with van der Waals surface area (Å²) in [6, 6.07) is 6.76. The van der Waals surface area contributed by atoms with Crippen LogP contribution in [0.2, 0.25) is 0 Å². The van der Waals surface area contributed by atoms with Gasteiger partial charge in [-0.25, -0.2) is 18.2 Å². The summed E-state index contributed by atoms with van der Waals surface area (Å²) < 4.78 is 42.0. The van der Waals surface area contributed by atoms with Crippen molar-refractivity contribution in [3.63, 3.8) is 0 Å². The lowest BCUT2D eigenvalue weighted by molar-refractivity contribution is 0.0963. The summed E-state index contributed by atoms with van der Waals surface area (Å²) >= 11 is 0. The molecule has 0 atom stereocenters. The van der Waals surface area contributed by atoms with Gasteiger partial charge in [0.15, 0.2) is 5.78 Å². The predicted molar refractivity (Wildman–Crippen MR) is 104 cm³/mol. The Labute approximate surface area is 170 Å². The number of anilines is 1. The molecule has 0 amide bonds. The van der Waals surface area contributed by atoms with Gasteiger partial charge in [0.05, 0.1) is 11.9 Å². The molecule has 1 saturated carbocycles. The molecule has 1 aromatic carbocycles. The maximum atomic E-state index is 14.2. The van der Waals surface area contributed by atoms with Crippen LogP contribution in [0.3, 0.4) is 0 Å². The molecule has 9 heteroatoms. The van der Waals surface area contributed by atoms with Crippen LogP contribution in [0.5, 0.6) is 0 Å². The van der Waals surface area contributed by atoms with Crippen molar-refractivity contribution in [1.82, 2.24) is 20.2 Å². The third-order valence-corrected chi connectivity index (χ3v) is 5.28. The number of rotatable bonds is 6. The van der Waals surface area contributed by atoms with Crippen molar-refractivity contribution in [2.24, 2.45) is 0 Å². The molecular weight excluding hydrogens is 395 g/mol. The molecule has 30 heavy (non-hydrogen) atoms. The topological polar surface area (TPSA) is 80.7 Å². The van der Waals surface area contributed by atoms with Crippen molar-refractivity contribution < 1.29 is 18.0 Å². The van der Waals surface area contributed by atoms with Crippen molar-refractivity contribution in [3.8, 4) is 11.3 Å². The minimum Gasteiger partial charge on any atom is -0.352 e. The zero-order valence-corrected chi connectivity index (χ0v) is 16.1. The van der Waals surface area contributed by atoms with Crippen molar-refractivity contribution >= 4 is 11.7 Å². The summed E-state index contributed by atoms with van der Waals surface area (Å²) in [5, 5.41) is 10.9. The fourth-order valence-electron chi connectivity index (χ4n) is 3.65. The highest BCUT2D eigenvalue weighted by atomic mass is 19.1. The van der Waals surface area contributed by atoms with Gasteiger partial charge in [0, 0.05) is 29.3 Å². The Hall–Kier alpha value is -3.36. The maximum absolute atomic E-state index is 14.2. The summed E-state index contributed by atoms with van der Waals surface area (Å²) in [6.07, 6.45) is 2.06. The van der Waals surface area contributed by atoms with Gasteiger partial charge in [0.2, 0.25) is 5.95 Å². The average Bonchev–Trinajstić information content (AvgIpc) is 2.71. The second-order valence-electron chi connectivity index (χ2n) is 7.39. The van der Waals surface area contributed by atoms with Crippen LogP contribution >= 0.6 is 0 Å². The number of aromatic nitrogens is 4. The van der Waals surface area contributed by atoms with Crippen LogP contribution in [0, 0.1) is 11.6 Å². The number of hydrogen-bond donors (Lipinski definition) is 1. The molecule has 0 bridgehead atoms. The summed E-state index contributed by atoms with van der Waals surface area (Å²) in [5.74, 6) is -1.10. The number of nitrogens with one attached hydrogen (secondary N) is 1. The van der Waals surface area contributed by atoms with Crippen LogP contribution in [0.15, 0.2) is 42.7 Å². The quantitative estimate of drug-likeness (QED) is 0.618. The molecule has 1 aliphatic rings. The molecular formula is C21H18F3N5O. The highest BCUT2D eigenvalue weighted by molar-refractivity contribution is 5.95. The van der Waals surface area contributed by atoms with Gasteiger partial charge in [0.1, 0.15) is 23.5 Å². The van der Waals surface area contributed by atoms with Crippen molar-refractivity contribution in [2.75, 3.05) is 11.9 Å². The molecule has 3 aromatic rings. The zero-order chi connectivity index (χ0) is 21.3. The van der Waals surface area contributed by atoms with E-state index in [1.54, 1.807) is 0 Å². The number of pyridine rings is 1. The largest absolute Gasteiger partial charge is 0.352 e. The molecule has 1 N–H and O–H groups in total. The Morgan fingerprint density at radius 2 is 1.97 bits per heavy atom. The van der Waals surface area contributed by atoms with E-state index in [1.807, 2.05) is 0 Å². The molecule has 4 rings (SSSR count). The van der Waals surface area contributed by atoms with Gasteiger partial charge in [-0.05, 0) is 50.1 Å². The number of carbonyl (C=O) groups excluding carboxylic acids is 1. The standard InChI is InChI=1S/C21H18F3N5O/c1-12(30)13-4-5-16(23)15(7-13)18-10-26-20(29-28-18)27-11-21(8-14(22)9-21)19-17(24)3-2-6-25-19/h2-7,10,14H,8-9,11H2,1H3,(H,26,27,29). The Morgan fingerprint density at radius 3 is 2.60 bits per heavy atom. The fraction of sp³-hybridized carbons (Fsp3) is 0.286. The van der Waals surface area contributed by atoms with E-state index in [0.717, 1.165) is 0 Å². The maximum Gasteiger partial charge on any atom is 0.242 e. The lowest BCUT2D eigenvalue weighted by Gasteiger charge is -2.43. The van der Waals surface area contributed by atoms with Crippen LogP contribution in [-0.4, -0.2) is 38.7 Å². The fourth-order valence-corrected chi connectivity index (χ4v) is 3.65. The first kappa shape index (κ1) is 19.9. The summed E-state index contributed by atoms with van der Waals surface area (Å²) in [5.41, 5.74) is 0.0357. The first-order chi connectivity index (χ1) is 14.4. The molecule has 0 spiro atoms. The zero-order valence-electron chi connectivity index (χ0n) is 16.1. The lowest BCUT2D eigenvalue weighted by atomic mass is 9.65. The van der Waals surface area contributed by atoms with E-state index >= 15 is 0 Å². The van der Waals surface area contributed by atoms with Crippen molar-refractivity contribution in [1.29, 1.82) is 0 Å². The summed E-state index contributed by atoms with van der Waals surface area (Å²) in [7, 11) is 0. The first-order valence-electron chi connectivity index (χ1n) is 9.37. The van der Waals surface area contributed by atoms with Crippen LogP contribution in [0.4, 0.5) is 19.1 Å². The summed E-state index contributed by atoms with van der Waals surface area (Å²) in [6.45, 7) is 1.56. The average molecular weight is 413 g/mol. The Bertz CT molecular complexity index is 1080. The number of benzene rings is 1. The molecule has 0 unspecified atom stereocenters. The van der Waals surface area contributed by atoms with E-state index in [9.17, 15) is 18.0 Å². The molecule has 154 valence electrons. The number of hydrogen-bond acceptors (Lipinski definition) is 6. The van der Waals surface area contributed by atoms with Crippen molar-refractivity contribution in [2.45, 2.75) is 31.4 Å². The van der Waals surface area contributed by atoms with E-state index in [0.29, 0.717) is 5.56 Å². The van der Waals surface area contributed by atoms with Crippen LogP contribution in [0.1, 0.15) is 35.8 Å². The van der Waals surface area contributed by atoms with Gasteiger partial charge in [0.25, 0.3) is 0 Å². The van der Waals surface area contributed by atoms with E-state index in [4.69, 9.17) is 0 Å². The third-order valence-electron chi connectivity index (χ3n) is 5.28. The number of ketones is 1. The molecule has 0 aliphatic heterocycles. The normalized spacial score (nSPS) is 20.5. The van der Waals surface area contributed by atoms with Crippen LogP contribution in [-0.2, 0) is 5.41 Å².